The van der Waals surface area contributed by atoms with E-state index in [4.69, 9.17) is 0 Å². The van der Waals surface area contributed by atoms with Crippen LogP contribution in [0.5, 0.6) is 0 Å². The maximum Gasteiger partial charge on any atom is 0.308 e. The van der Waals surface area contributed by atoms with E-state index in [1.807, 2.05) is 37.3 Å². The van der Waals surface area contributed by atoms with E-state index >= 15 is 0 Å². The summed E-state index contributed by atoms with van der Waals surface area (Å²) < 4.78 is 29.2. The number of fused-ring (bicyclic) bond motifs is 1. The largest absolute Gasteiger partial charge is 0.308 e. The Hall–Kier alpha value is -1.96. The van der Waals surface area contributed by atoms with Gasteiger partial charge in [-0.15, -0.1) is 0 Å². The van der Waals surface area contributed by atoms with Gasteiger partial charge in [0.25, 0.3) is 0 Å². The van der Waals surface area contributed by atoms with Gasteiger partial charge >= 0.3 is 4.87 Å². The molecule has 0 saturated carbocycles. The minimum atomic E-state index is -3.61. The number of rotatable bonds is 5. The lowest BCUT2D eigenvalue weighted by atomic mass is 10.2. The van der Waals surface area contributed by atoms with Crippen LogP contribution in [0.4, 0.5) is 0 Å². The van der Waals surface area contributed by atoms with Crippen LogP contribution in [-0.4, -0.2) is 24.3 Å². The van der Waals surface area contributed by atoms with Crippen molar-refractivity contribution in [2.24, 2.45) is 0 Å². The maximum atomic E-state index is 12.8. The highest BCUT2D eigenvalue weighted by molar-refractivity contribution is 7.89. The summed E-state index contributed by atoms with van der Waals surface area (Å²) in [6.07, 6.45) is 0. The minimum absolute atomic E-state index is 0.0697. The summed E-state index contributed by atoms with van der Waals surface area (Å²) in [6.45, 7) is 2.76. The van der Waals surface area contributed by atoms with Crippen molar-refractivity contribution in [1.82, 2.24) is 8.87 Å². The molecule has 3 aromatic rings. The molecule has 0 unspecified atom stereocenters. The number of hydrogen-bond donors (Lipinski definition) is 0. The van der Waals surface area contributed by atoms with Crippen LogP contribution in [0.15, 0.2) is 58.2 Å². The van der Waals surface area contributed by atoms with E-state index in [2.05, 4.69) is 0 Å². The van der Waals surface area contributed by atoms with Gasteiger partial charge in [-0.05, 0) is 30.7 Å². The van der Waals surface area contributed by atoms with Crippen molar-refractivity contribution < 1.29 is 8.42 Å². The number of hydrogen-bond acceptors (Lipinski definition) is 4. The zero-order valence-corrected chi connectivity index (χ0v) is 15.1. The Kier molecular flexibility index (Phi) is 4.58. The summed E-state index contributed by atoms with van der Waals surface area (Å²) in [5, 5.41) is 0. The van der Waals surface area contributed by atoms with Gasteiger partial charge in [0.1, 0.15) is 0 Å². The Bertz CT molecular complexity index is 1020. The molecule has 0 bridgehead atoms. The van der Waals surface area contributed by atoms with Gasteiger partial charge in [-0.25, -0.2) is 8.42 Å². The van der Waals surface area contributed by atoms with Crippen LogP contribution in [0.25, 0.3) is 10.2 Å². The normalized spacial score (nSPS) is 12.1. The fraction of sp³-hybridized carbons (Fsp3) is 0.235. The Morgan fingerprint density at radius 1 is 1.12 bits per heavy atom. The van der Waals surface area contributed by atoms with Crippen LogP contribution in [0.1, 0.15) is 12.5 Å². The highest BCUT2D eigenvalue weighted by atomic mass is 32.2. The van der Waals surface area contributed by atoms with Crippen LogP contribution in [-0.2, 0) is 23.1 Å². The first-order valence-electron chi connectivity index (χ1n) is 7.57. The predicted octanol–water partition coefficient (Wildman–Crippen LogP) is 2.90. The second kappa shape index (κ2) is 6.51. The first-order chi connectivity index (χ1) is 11.4. The van der Waals surface area contributed by atoms with Crippen molar-refractivity contribution in [2.75, 3.05) is 7.05 Å². The first kappa shape index (κ1) is 16.9. The quantitative estimate of drug-likeness (QED) is 0.701. The van der Waals surface area contributed by atoms with Crippen LogP contribution in [0.3, 0.4) is 0 Å². The molecular weight excluding hydrogens is 344 g/mol. The molecule has 3 rings (SSSR count). The third-order valence-electron chi connectivity index (χ3n) is 3.91. The van der Waals surface area contributed by atoms with E-state index in [0.29, 0.717) is 17.8 Å². The third-order valence-corrected chi connectivity index (χ3v) is 6.65. The molecule has 5 nitrogen and oxygen atoms in total. The number of sulfonamides is 1. The predicted molar refractivity (Wildman–Crippen MR) is 96.9 cm³/mol. The van der Waals surface area contributed by atoms with Crippen molar-refractivity contribution in [2.45, 2.75) is 24.9 Å². The van der Waals surface area contributed by atoms with Crippen molar-refractivity contribution in [3.8, 4) is 0 Å². The van der Waals surface area contributed by atoms with Gasteiger partial charge in [0.15, 0.2) is 0 Å². The summed E-state index contributed by atoms with van der Waals surface area (Å²) in [5.41, 5.74) is 1.70. The average Bonchev–Trinajstić information content (AvgIpc) is 2.89. The lowest BCUT2D eigenvalue weighted by Crippen LogP contribution is -2.26. The molecule has 0 aliphatic carbocycles. The van der Waals surface area contributed by atoms with E-state index < -0.39 is 10.0 Å². The van der Waals surface area contributed by atoms with Gasteiger partial charge in [0.2, 0.25) is 10.0 Å². The molecule has 0 saturated heterocycles. The fourth-order valence-electron chi connectivity index (χ4n) is 2.61. The van der Waals surface area contributed by atoms with Gasteiger partial charge in [-0.3, -0.25) is 9.36 Å². The van der Waals surface area contributed by atoms with Crippen LogP contribution in [0, 0.1) is 0 Å². The first-order valence-corrected chi connectivity index (χ1v) is 9.83. The van der Waals surface area contributed by atoms with Gasteiger partial charge < -0.3 is 0 Å². The van der Waals surface area contributed by atoms with Gasteiger partial charge in [0.05, 0.1) is 15.1 Å². The minimum Gasteiger partial charge on any atom is -0.299 e. The maximum absolute atomic E-state index is 12.8. The van der Waals surface area contributed by atoms with Crippen LogP contribution in [0.2, 0.25) is 0 Å². The van der Waals surface area contributed by atoms with E-state index in [1.165, 1.54) is 4.31 Å². The Morgan fingerprint density at radius 3 is 2.50 bits per heavy atom. The number of benzene rings is 2. The molecule has 1 heterocycles. The Morgan fingerprint density at radius 2 is 1.83 bits per heavy atom. The lowest BCUT2D eigenvalue weighted by molar-refractivity contribution is 0.467. The highest BCUT2D eigenvalue weighted by Crippen LogP contribution is 2.24. The smallest absolute Gasteiger partial charge is 0.299 e. The van der Waals surface area contributed by atoms with Gasteiger partial charge in [-0.1, -0.05) is 41.7 Å². The SMILES string of the molecule is CCn1c(=O)sc2cc(S(=O)(=O)N(C)Cc3ccccc3)ccc21. The topological polar surface area (TPSA) is 59.4 Å². The Balaban J connectivity index is 1.97. The van der Waals surface area contributed by atoms with E-state index in [0.717, 1.165) is 22.4 Å². The van der Waals surface area contributed by atoms with Crippen molar-refractivity contribution in [3.63, 3.8) is 0 Å². The van der Waals surface area contributed by atoms with E-state index in [1.54, 1.807) is 29.8 Å². The molecule has 0 fully saturated rings. The van der Waals surface area contributed by atoms with Crippen molar-refractivity contribution >= 4 is 31.6 Å². The molecule has 0 N–H and O–H groups in total. The van der Waals surface area contributed by atoms with Crippen molar-refractivity contribution in [1.29, 1.82) is 0 Å². The molecule has 24 heavy (non-hydrogen) atoms. The monoisotopic (exact) mass is 362 g/mol. The molecule has 0 amide bonds. The molecule has 0 atom stereocenters. The molecule has 0 aliphatic heterocycles. The number of thiazole rings is 1. The molecule has 126 valence electrons. The van der Waals surface area contributed by atoms with Crippen LogP contribution >= 0.6 is 11.3 Å². The number of aryl methyl sites for hydroxylation is 1. The molecular formula is C17H18N2O3S2. The molecule has 0 radical (unpaired) electrons. The summed E-state index contributed by atoms with van der Waals surface area (Å²) in [4.78, 5) is 12.1. The van der Waals surface area contributed by atoms with Crippen molar-refractivity contribution in [3.05, 3.63) is 63.8 Å². The Labute approximate surface area is 144 Å². The molecule has 1 aromatic heterocycles. The summed E-state index contributed by atoms with van der Waals surface area (Å²) in [7, 11) is -2.05. The van der Waals surface area contributed by atoms with Gasteiger partial charge in [-0.2, -0.15) is 4.31 Å². The molecule has 2 aromatic carbocycles. The zero-order chi connectivity index (χ0) is 17.3. The lowest BCUT2D eigenvalue weighted by Gasteiger charge is -2.17. The standard InChI is InChI=1S/C17H18N2O3S2/c1-3-19-15-10-9-14(11-16(15)23-17(19)20)24(21,22)18(2)12-13-7-5-4-6-8-13/h4-11H,3,12H2,1-2H3. The van der Waals surface area contributed by atoms with Gasteiger partial charge in [0, 0.05) is 20.1 Å². The second-order valence-electron chi connectivity index (χ2n) is 5.49. The zero-order valence-electron chi connectivity index (χ0n) is 13.5. The third kappa shape index (κ3) is 3.02. The van der Waals surface area contributed by atoms with E-state index in [9.17, 15) is 13.2 Å². The molecule has 0 aliphatic rings. The molecule has 7 heteroatoms. The molecule has 0 spiro atoms. The average molecular weight is 362 g/mol. The number of aromatic nitrogens is 1. The second-order valence-corrected chi connectivity index (χ2v) is 8.53. The summed E-state index contributed by atoms with van der Waals surface area (Å²) in [5.74, 6) is 0. The van der Waals surface area contributed by atoms with Crippen LogP contribution < -0.4 is 4.87 Å². The van der Waals surface area contributed by atoms with E-state index in [-0.39, 0.29) is 9.77 Å². The fourth-order valence-corrected chi connectivity index (χ4v) is 4.87. The summed E-state index contributed by atoms with van der Waals surface area (Å²) in [6, 6.07) is 14.3. The number of nitrogens with zero attached hydrogens (tertiary/aromatic N) is 2. The summed E-state index contributed by atoms with van der Waals surface area (Å²) >= 11 is 1.07. The highest BCUT2D eigenvalue weighted by Gasteiger charge is 2.22.